The van der Waals surface area contributed by atoms with Crippen molar-refractivity contribution in [3.8, 4) is 0 Å². The third-order valence-corrected chi connectivity index (χ3v) is 4.49. The molecule has 116 valence electrons. The molecule has 0 amide bonds. The molecule has 22 heavy (non-hydrogen) atoms. The van der Waals surface area contributed by atoms with E-state index in [9.17, 15) is 0 Å². The van der Waals surface area contributed by atoms with Gasteiger partial charge in [-0.1, -0.05) is 29.4 Å². The van der Waals surface area contributed by atoms with Crippen LogP contribution in [0.3, 0.4) is 0 Å². The summed E-state index contributed by atoms with van der Waals surface area (Å²) in [7, 11) is -0.425. The van der Waals surface area contributed by atoms with Crippen molar-refractivity contribution in [2.24, 2.45) is 5.11 Å². The summed E-state index contributed by atoms with van der Waals surface area (Å²) in [5, 5.41) is 3.61. The first-order chi connectivity index (χ1) is 10.3. The average molecular weight is 317 g/mol. The monoisotopic (exact) mass is 317 g/mol. The van der Waals surface area contributed by atoms with Gasteiger partial charge in [-0.25, -0.2) is 0 Å². The molecule has 1 aromatic carbocycles. The van der Waals surface area contributed by atoms with E-state index < -0.39 is 7.12 Å². The van der Waals surface area contributed by atoms with Crippen molar-refractivity contribution in [3.63, 3.8) is 0 Å². The molecule has 0 saturated carbocycles. The van der Waals surface area contributed by atoms with Crippen molar-refractivity contribution in [1.29, 1.82) is 0 Å². The molecule has 0 atom stereocenters. The van der Waals surface area contributed by atoms with Crippen molar-refractivity contribution in [2.75, 3.05) is 5.75 Å². The summed E-state index contributed by atoms with van der Waals surface area (Å²) >= 11 is 4.39. The summed E-state index contributed by atoms with van der Waals surface area (Å²) in [6.45, 7) is 8.08. The molecule has 1 fully saturated rings. The van der Waals surface area contributed by atoms with Crippen LogP contribution >= 0.6 is 12.6 Å². The minimum atomic E-state index is -0.425. The number of hydrogen-bond acceptors (Lipinski definition) is 4. The number of azide groups is 1. The van der Waals surface area contributed by atoms with Crippen molar-refractivity contribution < 1.29 is 9.31 Å². The van der Waals surface area contributed by atoms with Crippen LogP contribution in [-0.2, 0) is 9.31 Å². The number of thiol groups is 1. The van der Waals surface area contributed by atoms with Gasteiger partial charge in [0.2, 0.25) is 0 Å². The number of benzene rings is 1. The van der Waals surface area contributed by atoms with Gasteiger partial charge in [0, 0.05) is 16.4 Å². The fourth-order valence-corrected chi connectivity index (χ4v) is 2.37. The second-order valence-corrected chi connectivity index (χ2v) is 6.57. The average Bonchev–Trinajstić information content (AvgIpc) is 2.65. The second-order valence-electron chi connectivity index (χ2n) is 6.25. The van der Waals surface area contributed by atoms with Crippen LogP contribution in [0.1, 0.15) is 33.3 Å². The first-order valence-electron chi connectivity index (χ1n) is 7.11. The Labute approximate surface area is 136 Å². The van der Waals surface area contributed by atoms with Crippen molar-refractivity contribution in [2.45, 2.75) is 38.9 Å². The maximum absolute atomic E-state index is 8.52. The van der Waals surface area contributed by atoms with E-state index in [0.29, 0.717) is 11.4 Å². The van der Waals surface area contributed by atoms with E-state index in [4.69, 9.17) is 14.8 Å². The van der Waals surface area contributed by atoms with Gasteiger partial charge < -0.3 is 9.31 Å². The third kappa shape index (κ3) is 3.50. The fraction of sp³-hybridized carbons (Fsp3) is 0.467. The lowest BCUT2D eigenvalue weighted by molar-refractivity contribution is 0.00578. The predicted molar refractivity (Wildman–Crippen MR) is 93.2 cm³/mol. The van der Waals surface area contributed by atoms with Gasteiger partial charge in [0.05, 0.1) is 11.2 Å². The summed E-state index contributed by atoms with van der Waals surface area (Å²) in [5.41, 5.74) is 10.2. The largest absolute Gasteiger partial charge is 0.491 e. The van der Waals surface area contributed by atoms with E-state index in [-0.39, 0.29) is 11.2 Å². The smallest absolute Gasteiger partial charge is 0.400 e. The molecule has 1 heterocycles. The molecule has 0 radical (unpaired) electrons. The van der Waals surface area contributed by atoms with Gasteiger partial charge in [-0.2, -0.15) is 12.6 Å². The molecule has 1 aliphatic rings. The molecule has 0 N–H and O–H groups in total. The van der Waals surface area contributed by atoms with Gasteiger partial charge in [-0.3, -0.25) is 0 Å². The van der Waals surface area contributed by atoms with Crippen LogP contribution in [-0.4, -0.2) is 24.1 Å². The molecule has 0 bridgehead atoms. The minimum Gasteiger partial charge on any atom is -0.400 e. The van der Waals surface area contributed by atoms with Crippen LogP contribution in [0.2, 0.25) is 0 Å². The van der Waals surface area contributed by atoms with Crippen molar-refractivity contribution >= 4 is 31.5 Å². The van der Waals surface area contributed by atoms with Crippen molar-refractivity contribution in [3.05, 3.63) is 45.7 Å². The lowest BCUT2D eigenvalue weighted by Gasteiger charge is -2.32. The number of rotatable bonds is 4. The summed E-state index contributed by atoms with van der Waals surface area (Å²) < 4.78 is 12.1. The molecule has 0 aromatic heterocycles. The Morgan fingerprint density at radius 2 is 1.95 bits per heavy atom. The van der Waals surface area contributed by atoms with Crippen LogP contribution in [0.15, 0.2) is 34.9 Å². The van der Waals surface area contributed by atoms with Crippen LogP contribution in [0, 0.1) is 0 Å². The third-order valence-electron chi connectivity index (χ3n) is 4.12. The standard InChI is InChI=1S/C15H20BN3O2S/c1-14(2)15(3,4)21-16(20-14)12(10-22)8-11-6-5-7-13(9-11)18-19-17/h5-9,22H,10H2,1-4H3. The topological polar surface area (TPSA) is 67.2 Å². The Morgan fingerprint density at radius 1 is 1.32 bits per heavy atom. The fourth-order valence-electron chi connectivity index (χ4n) is 2.13. The molecule has 1 saturated heterocycles. The first kappa shape index (κ1) is 17.0. The number of hydrogen-bond donors (Lipinski definition) is 1. The molecule has 7 heteroatoms. The molecule has 1 aliphatic heterocycles. The molecule has 2 rings (SSSR count). The molecule has 0 unspecified atom stereocenters. The predicted octanol–water partition coefficient (Wildman–Crippen LogP) is 4.57. The lowest BCUT2D eigenvalue weighted by atomic mass is 9.78. The van der Waals surface area contributed by atoms with E-state index in [1.54, 1.807) is 6.07 Å². The van der Waals surface area contributed by atoms with Gasteiger partial charge >= 0.3 is 7.12 Å². The van der Waals surface area contributed by atoms with Crippen LogP contribution < -0.4 is 0 Å². The van der Waals surface area contributed by atoms with E-state index >= 15 is 0 Å². The van der Waals surface area contributed by atoms with Gasteiger partial charge in [0.15, 0.2) is 0 Å². The molecule has 0 aliphatic carbocycles. The Balaban J connectivity index is 2.29. The molecular formula is C15H20BN3O2S. The lowest BCUT2D eigenvalue weighted by Crippen LogP contribution is -2.41. The quantitative estimate of drug-likeness (QED) is 0.290. The van der Waals surface area contributed by atoms with Crippen molar-refractivity contribution in [1.82, 2.24) is 0 Å². The Hall–Kier alpha value is -1.40. The Kier molecular flexibility index (Phi) is 4.92. The summed E-state index contributed by atoms with van der Waals surface area (Å²) in [6.07, 6.45) is 1.96. The first-order valence-corrected chi connectivity index (χ1v) is 7.74. The van der Waals surface area contributed by atoms with Crippen LogP contribution in [0.25, 0.3) is 16.5 Å². The molecule has 0 spiro atoms. The molecule has 5 nitrogen and oxygen atoms in total. The zero-order valence-electron chi connectivity index (χ0n) is 13.3. The Bertz CT molecular complexity index is 623. The van der Waals surface area contributed by atoms with E-state index in [2.05, 4.69) is 22.7 Å². The molecule has 1 aromatic rings. The van der Waals surface area contributed by atoms with Gasteiger partial charge in [-0.05, 0) is 50.3 Å². The van der Waals surface area contributed by atoms with E-state index in [1.165, 1.54) is 0 Å². The second kappa shape index (κ2) is 6.38. The summed E-state index contributed by atoms with van der Waals surface area (Å²) in [4.78, 5) is 2.80. The highest BCUT2D eigenvalue weighted by atomic mass is 32.1. The summed E-state index contributed by atoms with van der Waals surface area (Å²) in [6, 6.07) is 7.35. The zero-order valence-corrected chi connectivity index (χ0v) is 14.2. The van der Waals surface area contributed by atoms with E-state index in [0.717, 1.165) is 11.0 Å². The maximum Gasteiger partial charge on any atom is 0.491 e. The van der Waals surface area contributed by atoms with Gasteiger partial charge in [-0.15, -0.1) is 0 Å². The van der Waals surface area contributed by atoms with Crippen LogP contribution in [0.4, 0.5) is 5.69 Å². The normalized spacial score (nSPS) is 19.9. The highest BCUT2D eigenvalue weighted by molar-refractivity contribution is 7.80. The highest BCUT2D eigenvalue weighted by Gasteiger charge is 2.52. The summed E-state index contributed by atoms with van der Waals surface area (Å²) in [5.74, 6) is 0.516. The molecular weight excluding hydrogens is 297 g/mol. The SMILES string of the molecule is CC1(C)OB(C(=Cc2cccc(N=[N+]=[N-])c2)CS)OC1(C)C. The number of nitrogens with zero attached hydrogens (tertiary/aromatic N) is 3. The van der Waals surface area contributed by atoms with E-state index in [1.807, 2.05) is 52.0 Å². The highest BCUT2D eigenvalue weighted by Crippen LogP contribution is 2.39. The van der Waals surface area contributed by atoms with Gasteiger partial charge in [0.25, 0.3) is 0 Å². The minimum absolute atomic E-state index is 0.382. The zero-order chi connectivity index (χ0) is 16.4. The van der Waals surface area contributed by atoms with Crippen LogP contribution in [0.5, 0.6) is 0 Å². The Morgan fingerprint density at radius 3 is 2.50 bits per heavy atom. The maximum atomic E-state index is 8.52. The van der Waals surface area contributed by atoms with Gasteiger partial charge in [0.1, 0.15) is 0 Å².